The van der Waals surface area contributed by atoms with Crippen molar-refractivity contribution in [3.63, 3.8) is 0 Å². The normalized spacial score (nSPS) is 19.4. The number of carboxylic acids is 1. The van der Waals surface area contributed by atoms with Crippen molar-refractivity contribution in [1.29, 1.82) is 0 Å². The number of pyridine rings is 1. The first kappa shape index (κ1) is 20.5. The molecule has 5 rings (SSSR count). The van der Waals surface area contributed by atoms with Gasteiger partial charge in [0, 0.05) is 41.6 Å². The Hall–Kier alpha value is -3.42. The highest BCUT2D eigenvalue weighted by Crippen LogP contribution is 2.30. The van der Waals surface area contributed by atoms with Gasteiger partial charge in [0.1, 0.15) is 11.7 Å². The summed E-state index contributed by atoms with van der Waals surface area (Å²) < 4.78 is 1.84. The van der Waals surface area contributed by atoms with Gasteiger partial charge in [0.25, 0.3) is 5.56 Å². The Kier molecular flexibility index (Phi) is 5.51. The molecule has 1 atom stereocenters. The zero-order chi connectivity index (χ0) is 22.1. The number of fused-ring (bicyclic) bond motifs is 1. The number of nitrogens with one attached hydrogen (secondary N) is 1. The van der Waals surface area contributed by atoms with E-state index in [1.54, 1.807) is 18.3 Å². The number of carbonyl (C=O) groups is 1. The largest absolute Gasteiger partial charge is 0.480 e. The summed E-state index contributed by atoms with van der Waals surface area (Å²) in [5.74, 6) is -0.344. The van der Waals surface area contributed by atoms with Gasteiger partial charge in [-0.05, 0) is 56.0 Å². The van der Waals surface area contributed by atoms with E-state index >= 15 is 0 Å². The van der Waals surface area contributed by atoms with Crippen molar-refractivity contribution < 1.29 is 9.90 Å². The lowest BCUT2D eigenvalue weighted by molar-refractivity contribution is -0.138. The highest BCUT2D eigenvalue weighted by molar-refractivity contribution is 5.79. The Balaban J connectivity index is 1.41. The molecule has 1 saturated carbocycles. The number of hydrogen-bond donors (Lipinski definition) is 2. The Labute approximate surface area is 185 Å². The van der Waals surface area contributed by atoms with E-state index in [1.807, 2.05) is 33.7 Å². The van der Waals surface area contributed by atoms with Crippen LogP contribution in [0, 0.1) is 0 Å². The average Bonchev–Trinajstić information content (AvgIpc) is 3.30. The summed E-state index contributed by atoms with van der Waals surface area (Å²) in [6.07, 6.45) is 8.79. The van der Waals surface area contributed by atoms with E-state index < -0.39 is 12.0 Å². The Bertz CT molecular complexity index is 1180. The fourth-order valence-corrected chi connectivity index (χ4v) is 4.99. The van der Waals surface area contributed by atoms with Gasteiger partial charge < -0.3 is 15.3 Å². The molecule has 1 aromatic carbocycles. The molecule has 2 aromatic heterocycles. The highest BCUT2D eigenvalue weighted by Gasteiger charge is 2.30. The molecule has 1 aliphatic carbocycles. The molecule has 166 valence electrons. The number of benzene rings is 1. The maximum absolute atomic E-state index is 12.7. The van der Waals surface area contributed by atoms with Gasteiger partial charge >= 0.3 is 5.97 Å². The summed E-state index contributed by atoms with van der Waals surface area (Å²) in [6.45, 7) is 0.746. The third kappa shape index (κ3) is 3.92. The van der Waals surface area contributed by atoms with E-state index in [4.69, 9.17) is 4.98 Å². The lowest BCUT2D eigenvalue weighted by atomic mass is 9.95. The van der Waals surface area contributed by atoms with Gasteiger partial charge in [-0.3, -0.25) is 9.36 Å². The van der Waals surface area contributed by atoms with Crippen molar-refractivity contribution in [1.82, 2.24) is 14.5 Å². The van der Waals surface area contributed by atoms with Crippen LogP contribution in [0.2, 0.25) is 0 Å². The number of hydrogen-bond acceptors (Lipinski definition) is 6. The number of nitrogens with zero attached hydrogens (tertiary/aromatic N) is 4. The number of aliphatic carboxylic acids is 1. The molecule has 1 unspecified atom stereocenters. The second-order valence-corrected chi connectivity index (χ2v) is 8.67. The SMILES string of the molecule is O=C(O)C1CCCN1c1ccc(Nc2ncc3ccc(=O)n(C4CCCCC4)c3n2)cc1. The predicted molar refractivity (Wildman–Crippen MR) is 124 cm³/mol. The molecular formula is C24H27N5O3. The van der Waals surface area contributed by atoms with Crippen molar-refractivity contribution in [2.45, 2.75) is 57.0 Å². The lowest BCUT2D eigenvalue weighted by Crippen LogP contribution is -2.35. The Morgan fingerprint density at radius 2 is 1.78 bits per heavy atom. The van der Waals surface area contributed by atoms with E-state index in [0.717, 1.165) is 55.4 Å². The predicted octanol–water partition coefficient (Wildman–Crippen LogP) is 4.09. The molecule has 3 heterocycles. The van der Waals surface area contributed by atoms with Crippen molar-refractivity contribution in [2.75, 3.05) is 16.8 Å². The third-order valence-electron chi connectivity index (χ3n) is 6.60. The van der Waals surface area contributed by atoms with E-state index in [0.29, 0.717) is 18.0 Å². The minimum absolute atomic E-state index is 0.0167. The second kappa shape index (κ2) is 8.61. The minimum Gasteiger partial charge on any atom is -0.480 e. The van der Waals surface area contributed by atoms with Gasteiger partial charge in [0.15, 0.2) is 0 Å². The van der Waals surface area contributed by atoms with Gasteiger partial charge in [-0.2, -0.15) is 4.98 Å². The van der Waals surface area contributed by atoms with E-state index in [2.05, 4.69) is 10.3 Å². The van der Waals surface area contributed by atoms with Crippen LogP contribution in [0.5, 0.6) is 0 Å². The number of aromatic nitrogens is 3. The van der Waals surface area contributed by atoms with Crippen LogP contribution in [-0.4, -0.2) is 38.2 Å². The zero-order valence-corrected chi connectivity index (χ0v) is 17.9. The number of anilines is 3. The summed E-state index contributed by atoms with van der Waals surface area (Å²) >= 11 is 0. The van der Waals surface area contributed by atoms with Gasteiger partial charge in [-0.15, -0.1) is 0 Å². The smallest absolute Gasteiger partial charge is 0.326 e. The Morgan fingerprint density at radius 3 is 2.53 bits per heavy atom. The molecule has 1 aliphatic heterocycles. The Morgan fingerprint density at radius 1 is 1.00 bits per heavy atom. The average molecular weight is 434 g/mol. The van der Waals surface area contributed by atoms with Crippen LogP contribution < -0.4 is 15.8 Å². The standard InChI is InChI=1S/C24H27N5O3/c30-21-13-8-16-15-25-24(27-22(16)29(21)19-5-2-1-3-6-19)26-17-9-11-18(12-10-17)28-14-4-7-20(28)23(31)32/h8-13,15,19-20H,1-7,14H2,(H,31,32)(H,25,26,27). The van der Waals surface area contributed by atoms with Crippen LogP contribution in [0.25, 0.3) is 11.0 Å². The molecule has 8 nitrogen and oxygen atoms in total. The maximum Gasteiger partial charge on any atom is 0.326 e. The molecule has 2 fully saturated rings. The van der Waals surface area contributed by atoms with Gasteiger partial charge in [0.05, 0.1) is 0 Å². The molecule has 0 spiro atoms. The summed E-state index contributed by atoms with van der Waals surface area (Å²) in [7, 11) is 0. The first-order valence-corrected chi connectivity index (χ1v) is 11.3. The fourth-order valence-electron chi connectivity index (χ4n) is 4.99. The molecule has 0 amide bonds. The second-order valence-electron chi connectivity index (χ2n) is 8.67. The molecule has 32 heavy (non-hydrogen) atoms. The summed E-state index contributed by atoms with van der Waals surface area (Å²) in [5.41, 5.74) is 2.35. The van der Waals surface area contributed by atoms with E-state index in [1.165, 1.54) is 6.42 Å². The quantitative estimate of drug-likeness (QED) is 0.625. The van der Waals surface area contributed by atoms with Crippen LogP contribution in [0.15, 0.2) is 47.4 Å². The summed E-state index contributed by atoms with van der Waals surface area (Å²) in [5, 5.41) is 13.5. The molecule has 2 aliphatic rings. The van der Waals surface area contributed by atoms with Gasteiger partial charge in [-0.1, -0.05) is 19.3 Å². The molecule has 0 radical (unpaired) electrons. The van der Waals surface area contributed by atoms with Gasteiger partial charge in [0.2, 0.25) is 5.95 Å². The topological polar surface area (TPSA) is 100 Å². The first-order chi connectivity index (χ1) is 15.6. The van der Waals surface area contributed by atoms with Crippen LogP contribution in [0.3, 0.4) is 0 Å². The highest BCUT2D eigenvalue weighted by atomic mass is 16.4. The van der Waals surface area contributed by atoms with E-state index in [9.17, 15) is 14.7 Å². The molecule has 3 aromatic rings. The van der Waals surface area contributed by atoms with Crippen molar-refractivity contribution in [3.8, 4) is 0 Å². The lowest BCUT2D eigenvalue weighted by Gasteiger charge is -2.25. The number of carboxylic acid groups (broad SMARTS) is 1. The zero-order valence-electron chi connectivity index (χ0n) is 17.9. The van der Waals surface area contributed by atoms with Crippen LogP contribution in [0.4, 0.5) is 17.3 Å². The van der Waals surface area contributed by atoms with Crippen LogP contribution >= 0.6 is 0 Å². The van der Waals surface area contributed by atoms with Crippen molar-refractivity contribution in [3.05, 3.63) is 52.9 Å². The van der Waals surface area contributed by atoms with Crippen molar-refractivity contribution in [2.24, 2.45) is 0 Å². The molecule has 8 heteroatoms. The number of rotatable bonds is 5. The third-order valence-corrected chi connectivity index (χ3v) is 6.60. The summed E-state index contributed by atoms with van der Waals surface area (Å²) in [6, 6.07) is 10.8. The molecule has 2 N–H and O–H groups in total. The van der Waals surface area contributed by atoms with E-state index in [-0.39, 0.29) is 11.6 Å². The van der Waals surface area contributed by atoms with Crippen LogP contribution in [-0.2, 0) is 4.79 Å². The van der Waals surface area contributed by atoms with Crippen molar-refractivity contribution >= 4 is 34.3 Å². The minimum atomic E-state index is -0.779. The molecular weight excluding hydrogens is 406 g/mol. The monoisotopic (exact) mass is 433 g/mol. The van der Waals surface area contributed by atoms with Gasteiger partial charge in [-0.25, -0.2) is 9.78 Å². The fraction of sp³-hybridized carbons (Fsp3) is 0.417. The molecule has 0 bridgehead atoms. The summed E-state index contributed by atoms with van der Waals surface area (Å²) in [4.78, 5) is 35.2. The maximum atomic E-state index is 12.7. The van der Waals surface area contributed by atoms with Crippen LogP contribution in [0.1, 0.15) is 51.0 Å². The first-order valence-electron chi connectivity index (χ1n) is 11.3. The molecule has 1 saturated heterocycles.